The van der Waals surface area contributed by atoms with Crippen LogP contribution in [0.3, 0.4) is 0 Å². The van der Waals surface area contributed by atoms with Gasteiger partial charge in [-0.15, -0.1) is 0 Å². The van der Waals surface area contributed by atoms with Crippen LogP contribution in [0.4, 0.5) is 5.82 Å². The summed E-state index contributed by atoms with van der Waals surface area (Å²) in [5, 5.41) is 1.39. The van der Waals surface area contributed by atoms with E-state index >= 15 is 0 Å². The van der Waals surface area contributed by atoms with Gasteiger partial charge >= 0.3 is 0 Å². The lowest BCUT2D eigenvalue weighted by Crippen LogP contribution is -2.39. The Morgan fingerprint density at radius 3 is 2.84 bits per heavy atom. The van der Waals surface area contributed by atoms with E-state index in [1.54, 1.807) is 5.56 Å². The Balaban J connectivity index is 2.05. The highest BCUT2D eigenvalue weighted by Crippen LogP contribution is 2.47. The summed E-state index contributed by atoms with van der Waals surface area (Å²) in [4.78, 5) is 7.40. The molecule has 100 valence electrons. The predicted octanol–water partition coefficient (Wildman–Crippen LogP) is 2.27. The topological polar surface area (TPSA) is 43.4 Å². The van der Waals surface area contributed by atoms with Crippen LogP contribution < -0.4 is 10.8 Å². The van der Waals surface area contributed by atoms with Gasteiger partial charge in [-0.3, -0.25) is 4.84 Å². The van der Waals surface area contributed by atoms with E-state index in [0.29, 0.717) is 6.61 Å². The first-order valence-electron chi connectivity index (χ1n) is 6.98. The van der Waals surface area contributed by atoms with E-state index in [1.165, 1.54) is 48.2 Å². The Bertz CT molecular complexity index is 638. The molecule has 5 rings (SSSR count). The van der Waals surface area contributed by atoms with E-state index in [9.17, 15) is 0 Å². The monoisotopic (exact) mass is 257 g/mol. The van der Waals surface area contributed by atoms with Gasteiger partial charge in [-0.1, -0.05) is 18.2 Å². The van der Waals surface area contributed by atoms with Gasteiger partial charge < -0.3 is 9.47 Å². The molecule has 0 spiro atoms. The van der Waals surface area contributed by atoms with Crippen molar-refractivity contribution < 1.29 is 4.84 Å². The van der Waals surface area contributed by atoms with Crippen molar-refractivity contribution in [3.63, 3.8) is 0 Å². The smallest absolute Gasteiger partial charge is 0.112 e. The number of nitrogens with two attached hydrogens (primary N) is 1. The summed E-state index contributed by atoms with van der Waals surface area (Å²) in [6.45, 7) is 2.87. The first-order chi connectivity index (χ1) is 9.31. The Hall–Kier alpha value is -1.52. The maximum absolute atomic E-state index is 5.27. The number of rotatable bonds is 2. The molecule has 0 radical (unpaired) electrons. The number of hydrogen-bond acceptors (Lipinski definition) is 3. The standard InChI is InChI=1S/C15H19N3O/c1-17-14-11(9-19-16)3-2-4-12(14)13-10-5-7-18(8-6-10)15(13)17/h2-4,10H,5-9,16H2,1H3. The third-order valence-electron chi connectivity index (χ3n) is 4.75. The number of aromatic nitrogens is 1. The summed E-state index contributed by atoms with van der Waals surface area (Å²) >= 11 is 0. The van der Waals surface area contributed by atoms with Gasteiger partial charge in [0.15, 0.2) is 0 Å². The molecule has 4 heteroatoms. The van der Waals surface area contributed by atoms with Crippen LogP contribution in [-0.2, 0) is 18.5 Å². The van der Waals surface area contributed by atoms with E-state index in [1.807, 2.05) is 0 Å². The highest BCUT2D eigenvalue weighted by molar-refractivity contribution is 5.93. The van der Waals surface area contributed by atoms with Gasteiger partial charge in [-0.2, -0.15) is 0 Å². The largest absolute Gasteiger partial charge is 0.358 e. The minimum absolute atomic E-state index is 0.471. The summed E-state index contributed by atoms with van der Waals surface area (Å²) in [7, 11) is 2.17. The molecule has 19 heavy (non-hydrogen) atoms. The lowest BCUT2D eigenvalue weighted by atomic mass is 9.84. The molecule has 4 nitrogen and oxygen atoms in total. The second-order valence-corrected chi connectivity index (χ2v) is 5.68. The quantitative estimate of drug-likeness (QED) is 0.839. The van der Waals surface area contributed by atoms with E-state index in [4.69, 9.17) is 10.7 Å². The zero-order chi connectivity index (χ0) is 13.0. The minimum atomic E-state index is 0.471. The molecular weight excluding hydrogens is 238 g/mol. The van der Waals surface area contributed by atoms with Crippen molar-refractivity contribution >= 4 is 16.7 Å². The number of para-hydroxylation sites is 1. The molecule has 2 bridgehead atoms. The molecule has 2 aromatic rings. The van der Waals surface area contributed by atoms with Crippen molar-refractivity contribution in [2.45, 2.75) is 25.4 Å². The molecule has 1 aromatic carbocycles. The van der Waals surface area contributed by atoms with Crippen molar-refractivity contribution in [1.29, 1.82) is 0 Å². The number of fused-ring (bicyclic) bond motifs is 3. The number of anilines is 1. The van der Waals surface area contributed by atoms with Crippen molar-refractivity contribution in [3.8, 4) is 0 Å². The van der Waals surface area contributed by atoms with Crippen molar-refractivity contribution in [3.05, 3.63) is 29.3 Å². The normalized spacial score (nSPS) is 18.3. The molecule has 4 heterocycles. The molecule has 1 fully saturated rings. The van der Waals surface area contributed by atoms with Gasteiger partial charge in [-0.05, 0) is 18.8 Å². The molecule has 0 saturated carbocycles. The first kappa shape index (κ1) is 11.3. The lowest BCUT2D eigenvalue weighted by molar-refractivity contribution is 0.125. The molecule has 1 saturated heterocycles. The SMILES string of the molecule is Cn1c2c(c3cccc(CON)c31)C1CCN2CC1. The highest BCUT2D eigenvalue weighted by Gasteiger charge is 2.35. The van der Waals surface area contributed by atoms with Gasteiger partial charge in [0.1, 0.15) is 5.82 Å². The fourth-order valence-corrected chi connectivity index (χ4v) is 3.98. The second-order valence-electron chi connectivity index (χ2n) is 5.68. The number of piperidine rings is 1. The third-order valence-corrected chi connectivity index (χ3v) is 4.75. The van der Waals surface area contributed by atoms with Gasteiger partial charge in [-0.25, -0.2) is 5.90 Å². The molecule has 3 aliphatic heterocycles. The van der Waals surface area contributed by atoms with Crippen LogP contribution in [-0.4, -0.2) is 17.7 Å². The zero-order valence-electron chi connectivity index (χ0n) is 11.2. The number of benzene rings is 1. The van der Waals surface area contributed by atoms with Gasteiger partial charge in [0.25, 0.3) is 0 Å². The Morgan fingerprint density at radius 1 is 1.32 bits per heavy atom. The summed E-state index contributed by atoms with van der Waals surface area (Å²) in [5.41, 5.74) is 4.02. The fourth-order valence-electron chi connectivity index (χ4n) is 3.98. The Morgan fingerprint density at radius 2 is 2.11 bits per heavy atom. The number of nitrogens with zero attached hydrogens (tertiary/aromatic N) is 2. The number of aryl methyl sites for hydroxylation is 1. The third kappa shape index (κ3) is 1.41. The predicted molar refractivity (Wildman–Crippen MR) is 76.1 cm³/mol. The van der Waals surface area contributed by atoms with Crippen molar-refractivity contribution in [2.24, 2.45) is 12.9 Å². The highest BCUT2D eigenvalue weighted by atomic mass is 16.6. The Labute approximate surface area is 112 Å². The average molecular weight is 257 g/mol. The van der Waals surface area contributed by atoms with Crippen molar-refractivity contribution in [2.75, 3.05) is 18.0 Å². The molecule has 1 aromatic heterocycles. The molecule has 0 atom stereocenters. The van der Waals surface area contributed by atoms with E-state index in [-0.39, 0.29) is 0 Å². The van der Waals surface area contributed by atoms with Gasteiger partial charge in [0, 0.05) is 36.7 Å². The van der Waals surface area contributed by atoms with Crippen LogP contribution in [0.1, 0.15) is 29.9 Å². The number of hydrogen-bond donors (Lipinski definition) is 1. The van der Waals surface area contributed by atoms with Crippen molar-refractivity contribution in [1.82, 2.24) is 4.57 Å². The van der Waals surface area contributed by atoms with Gasteiger partial charge in [0.2, 0.25) is 0 Å². The molecule has 2 N–H and O–H groups in total. The first-order valence-corrected chi connectivity index (χ1v) is 6.98. The maximum atomic E-state index is 5.27. The van der Waals surface area contributed by atoms with Crippen LogP contribution in [0, 0.1) is 0 Å². The summed E-state index contributed by atoms with van der Waals surface area (Å²) in [5.74, 6) is 7.42. The molecule has 0 aliphatic carbocycles. The molecule has 3 aliphatic rings. The Kier molecular flexibility index (Phi) is 2.37. The summed E-state index contributed by atoms with van der Waals surface area (Å²) in [6, 6.07) is 6.47. The van der Waals surface area contributed by atoms with Crippen LogP contribution in [0.5, 0.6) is 0 Å². The van der Waals surface area contributed by atoms with Gasteiger partial charge in [0.05, 0.1) is 12.1 Å². The molecule has 0 amide bonds. The lowest BCUT2D eigenvalue weighted by Gasteiger charge is -2.41. The zero-order valence-corrected chi connectivity index (χ0v) is 11.2. The van der Waals surface area contributed by atoms with E-state index < -0.39 is 0 Å². The minimum Gasteiger partial charge on any atom is -0.358 e. The molecular formula is C15H19N3O. The maximum Gasteiger partial charge on any atom is 0.112 e. The summed E-state index contributed by atoms with van der Waals surface area (Å²) < 4.78 is 2.34. The van der Waals surface area contributed by atoms with Crippen LogP contribution >= 0.6 is 0 Å². The van der Waals surface area contributed by atoms with Crippen LogP contribution in [0.2, 0.25) is 0 Å². The molecule has 0 unspecified atom stereocenters. The summed E-state index contributed by atoms with van der Waals surface area (Å²) in [6.07, 6.45) is 2.59. The average Bonchev–Trinajstić information content (AvgIpc) is 2.78. The second kappa shape index (κ2) is 3.99. The van der Waals surface area contributed by atoms with E-state index in [0.717, 1.165) is 5.92 Å². The van der Waals surface area contributed by atoms with E-state index in [2.05, 4.69) is 34.7 Å². The van der Waals surface area contributed by atoms with Crippen LogP contribution in [0.25, 0.3) is 10.9 Å². The van der Waals surface area contributed by atoms with Crippen LogP contribution in [0.15, 0.2) is 18.2 Å². The fraction of sp³-hybridized carbons (Fsp3) is 0.467.